The van der Waals surface area contributed by atoms with Gasteiger partial charge in [0.15, 0.2) is 5.82 Å². The minimum absolute atomic E-state index is 0.597. The van der Waals surface area contributed by atoms with Crippen molar-refractivity contribution in [2.75, 3.05) is 0 Å². The van der Waals surface area contributed by atoms with Gasteiger partial charge in [0.2, 0.25) is 0 Å². The summed E-state index contributed by atoms with van der Waals surface area (Å²) in [6.07, 6.45) is 0.698. The zero-order chi connectivity index (χ0) is 15.4. The highest BCUT2D eigenvalue weighted by atomic mass is 15.5. The van der Waals surface area contributed by atoms with Crippen molar-refractivity contribution in [3.63, 3.8) is 0 Å². The number of aromatic nitrogens is 4. The maximum atomic E-state index is 8.83. The van der Waals surface area contributed by atoms with E-state index in [-0.39, 0.29) is 0 Å². The summed E-state index contributed by atoms with van der Waals surface area (Å²) in [6, 6.07) is 17.9. The van der Waals surface area contributed by atoms with Crippen molar-refractivity contribution in [2.24, 2.45) is 0 Å². The third kappa shape index (κ3) is 3.18. The van der Waals surface area contributed by atoms with Crippen LogP contribution in [0.5, 0.6) is 0 Å². The lowest BCUT2D eigenvalue weighted by Crippen LogP contribution is -2.07. The fraction of sp³-hybridized carbons (Fsp3) is 0.176. The molecule has 22 heavy (non-hydrogen) atoms. The quantitative estimate of drug-likeness (QED) is 0.740. The molecule has 108 valence electrons. The molecule has 0 unspecified atom stereocenters. The first-order chi connectivity index (χ1) is 10.7. The summed E-state index contributed by atoms with van der Waals surface area (Å²) in [7, 11) is 0. The Morgan fingerprint density at radius 2 is 1.68 bits per heavy atom. The Balaban J connectivity index is 1.76. The normalized spacial score (nSPS) is 10.4. The van der Waals surface area contributed by atoms with E-state index in [1.165, 1.54) is 11.1 Å². The molecule has 2 aromatic carbocycles. The molecule has 0 aliphatic rings. The molecule has 0 aliphatic carbocycles. The van der Waals surface area contributed by atoms with Gasteiger partial charge in [0.1, 0.15) is 0 Å². The van der Waals surface area contributed by atoms with Crippen molar-refractivity contribution in [1.82, 2.24) is 20.2 Å². The van der Waals surface area contributed by atoms with Crippen molar-refractivity contribution in [1.29, 1.82) is 5.26 Å². The second kappa shape index (κ2) is 6.19. The van der Waals surface area contributed by atoms with Crippen molar-refractivity contribution >= 4 is 0 Å². The van der Waals surface area contributed by atoms with E-state index in [0.717, 1.165) is 11.4 Å². The summed E-state index contributed by atoms with van der Waals surface area (Å²) < 4.78 is 1.79. The first kappa shape index (κ1) is 14.0. The van der Waals surface area contributed by atoms with Crippen molar-refractivity contribution < 1.29 is 0 Å². The highest BCUT2D eigenvalue weighted by Crippen LogP contribution is 2.10. The summed E-state index contributed by atoms with van der Waals surface area (Å²) >= 11 is 0. The molecule has 5 heteroatoms. The lowest BCUT2D eigenvalue weighted by Gasteiger charge is -2.05. The van der Waals surface area contributed by atoms with Crippen LogP contribution < -0.4 is 0 Å². The fourth-order valence-corrected chi connectivity index (χ4v) is 2.22. The van der Waals surface area contributed by atoms with Crippen LogP contribution in [0.2, 0.25) is 0 Å². The smallest absolute Gasteiger partial charge is 0.156 e. The highest BCUT2D eigenvalue weighted by Gasteiger charge is 2.08. The van der Waals surface area contributed by atoms with Gasteiger partial charge >= 0.3 is 0 Å². The third-order valence-corrected chi connectivity index (χ3v) is 3.50. The number of aryl methyl sites for hydroxylation is 1. The van der Waals surface area contributed by atoms with Crippen LogP contribution in [-0.4, -0.2) is 20.2 Å². The van der Waals surface area contributed by atoms with Crippen LogP contribution in [0.15, 0.2) is 48.5 Å². The molecule has 0 atom stereocenters. The highest BCUT2D eigenvalue weighted by molar-refractivity contribution is 5.31. The van der Waals surface area contributed by atoms with Gasteiger partial charge in [-0.1, -0.05) is 42.0 Å². The van der Waals surface area contributed by atoms with Crippen LogP contribution in [0.4, 0.5) is 0 Å². The van der Waals surface area contributed by atoms with Gasteiger partial charge in [0.05, 0.1) is 18.2 Å². The topological polar surface area (TPSA) is 67.4 Å². The summed E-state index contributed by atoms with van der Waals surface area (Å²) in [5, 5.41) is 20.8. The van der Waals surface area contributed by atoms with Gasteiger partial charge in [-0.15, -0.1) is 5.10 Å². The first-order valence-electron chi connectivity index (χ1n) is 7.04. The number of hydrogen-bond donors (Lipinski definition) is 0. The number of tetrazole rings is 1. The average Bonchev–Trinajstić information content (AvgIpc) is 2.97. The summed E-state index contributed by atoms with van der Waals surface area (Å²) in [4.78, 5) is 0. The van der Waals surface area contributed by atoms with E-state index in [0.29, 0.717) is 18.5 Å². The Morgan fingerprint density at radius 3 is 2.36 bits per heavy atom. The van der Waals surface area contributed by atoms with Crippen LogP contribution >= 0.6 is 0 Å². The molecule has 0 amide bonds. The lowest BCUT2D eigenvalue weighted by molar-refractivity contribution is 0.625. The van der Waals surface area contributed by atoms with Crippen LogP contribution in [0.1, 0.15) is 28.1 Å². The SMILES string of the molecule is Cc1ccc(Cc2nnnn2Cc2ccc(C#N)cc2)cc1. The summed E-state index contributed by atoms with van der Waals surface area (Å²) in [6.45, 7) is 2.67. The van der Waals surface area contributed by atoms with Crippen molar-refractivity contribution in [3.8, 4) is 6.07 Å². The Hall–Kier alpha value is -3.00. The monoisotopic (exact) mass is 289 g/mol. The number of nitrogens with zero attached hydrogens (tertiary/aromatic N) is 5. The van der Waals surface area contributed by atoms with Crippen LogP contribution in [0.25, 0.3) is 0 Å². The van der Waals surface area contributed by atoms with Gasteiger partial charge in [-0.2, -0.15) is 5.26 Å². The van der Waals surface area contributed by atoms with E-state index < -0.39 is 0 Å². The molecule has 3 aromatic rings. The minimum Gasteiger partial charge on any atom is -0.225 e. The minimum atomic E-state index is 0.597. The van der Waals surface area contributed by atoms with Crippen molar-refractivity contribution in [3.05, 3.63) is 76.6 Å². The number of hydrogen-bond acceptors (Lipinski definition) is 4. The largest absolute Gasteiger partial charge is 0.225 e. The Morgan fingerprint density at radius 1 is 1.00 bits per heavy atom. The molecule has 0 saturated carbocycles. The molecule has 1 aromatic heterocycles. The molecule has 1 heterocycles. The molecule has 0 bridgehead atoms. The van der Waals surface area contributed by atoms with Gasteiger partial charge in [0, 0.05) is 6.42 Å². The Labute approximate surface area is 128 Å². The number of benzene rings is 2. The number of nitriles is 1. The average molecular weight is 289 g/mol. The second-order valence-electron chi connectivity index (χ2n) is 5.22. The zero-order valence-corrected chi connectivity index (χ0v) is 12.3. The number of rotatable bonds is 4. The van der Waals surface area contributed by atoms with E-state index in [4.69, 9.17) is 5.26 Å². The molecule has 0 N–H and O–H groups in total. The predicted molar refractivity (Wildman–Crippen MR) is 82.1 cm³/mol. The van der Waals surface area contributed by atoms with Gasteiger partial charge in [-0.3, -0.25) is 0 Å². The molecule has 3 rings (SSSR count). The van der Waals surface area contributed by atoms with Gasteiger partial charge in [0.25, 0.3) is 0 Å². The van der Waals surface area contributed by atoms with Gasteiger partial charge in [-0.05, 0) is 40.6 Å². The molecular formula is C17H15N5. The zero-order valence-electron chi connectivity index (χ0n) is 12.3. The second-order valence-corrected chi connectivity index (χ2v) is 5.22. The molecule has 0 radical (unpaired) electrons. The molecular weight excluding hydrogens is 274 g/mol. The molecule has 5 nitrogen and oxygen atoms in total. The predicted octanol–water partition coefficient (Wildman–Crippen LogP) is 2.49. The third-order valence-electron chi connectivity index (χ3n) is 3.50. The summed E-state index contributed by atoms with van der Waals surface area (Å²) in [5.74, 6) is 0.827. The van der Waals surface area contributed by atoms with E-state index >= 15 is 0 Å². The van der Waals surface area contributed by atoms with E-state index in [1.807, 2.05) is 12.1 Å². The molecule has 0 fully saturated rings. The van der Waals surface area contributed by atoms with Crippen LogP contribution in [0, 0.1) is 18.3 Å². The fourth-order valence-electron chi connectivity index (χ4n) is 2.22. The van der Waals surface area contributed by atoms with Crippen LogP contribution in [0.3, 0.4) is 0 Å². The molecule has 0 saturated heterocycles. The van der Waals surface area contributed by atoms with Crippen molar-refractivity contribution in [2.45, 2.75) is 19.9 Å². The maximum absolute atomic E-state index is 8.83. The van der Waals surface area contributed by atoms with E-state index in [1.54, 1.807) is 16.8 Å². The molecule has 0 aliphatic heterocycles. The van der Waals surface area contributed by atoms with Crippen LogP contribution in [-0.2, 0) is 13.0 Å². The Bertz CT molecular complexity index is 794. The van der Waals surface area contributed by atoms with Gasteiger partial charge in [-0.25, -0.2) is 4.68 Å². The maximum Gasteiger partial charge on any atom is 0.156 e. The lowest BCUT2D eigenvalue weighted by atomic mass is 10.1. The van der Waals surface area contributed by atoms with Gasteiger partial charge < -0.3 is 0 Å². The standard InChI is InChI=1S/C17H15N5/c1-13-2-4-14(5-3-13)10-17-19-20-21-22(17)12-16-8-6-15(11-18)7-9-16/h2-9H,10,12H2,1H3. The first-order valence-corrected chi connectivity index (χ1v) is 7.04. The summed E-state index contributed by atoms with van der Waals surface area (Å²) in [5.41, 5.74) is 4.14. The van der Waals surface area contributed by atoms with E-state index in [9.17, 15) is 0 Å². The molecule has 0 spiro atoms. The Kier molecular flexibility index (Phi) is 3.92. The van der Waals surface area contributed by atoms with E-state index in [2.05, 4.69) is 52.8 Å².